The summed E-state index contributed by atoms with van der Waals surface area (Å²) in [6, 6.07) is 0. The number of hydrogen-bond donors (Lipinski definition) is 1. The van der Waals surface area contributed by atoms with Gasteiger partial charge in [0.2, 0.25) is 0 Å². The van der Waals surface area contributed by atoms with Gasteiger partial charge in [0.05, 0.1) is 11.9 Å². The third kappa shape index (κ3) is 3.47. The van der Waals surface area contributed by atoms with Gasteiger partial charge in [-0.15, -0.1) is 0 Å². The molecule has 1 aromatic rings. The van der Waals surface area contributed by atoms with E-state index in [0.717, 1.165) is 0 Å². The fourth-order valence-corrected chi connectivity index (χ4v) is 0.972. The smallest absolute Gasteiger partial charge is 0.328 e. The lowest BCUT2D eigenvalue weighted by molar-refractivity contribution is -0.155. The van der Waals surface area contributed by atoms with E-state index in [9.17, 15) is 4.79 Å². The zero-order chi connectivity index (χ0) is 10.8. The highest BCUT2D eigenvalue weighted by Gasteiger charge is 2.16. The number of rotatable bonds is 2. The molecule has 1 rings (SSSR count). The standard InChI is InChI=1S/C9H15N3O2/c1-9(2,3)14-8(13)6-12-5-7(10)4-11-12/h4-5H,6,10H2,1-3H3. The molecule has 1 heterocycles. The summed E-state index contributed by atoms with van der Waals surface area (Å²) in [5.41, 5.74) is 5.52. The van der Waals surface area contributed by atoms with Gasteiger partial charge in [0, 0.05) is 6.20 Å². The highest BCUT2D eigenvalue weighted by molar-refractivity contribution is 5.69. The summed E-state index contributed by atoms with van der Waals surface area (Å²) < 4.78 is 6.56. The molecule has 5 heteroatoms. The Bertz CT molecular complexity index is 325. The molecule has 14 heavy (non-hydrogen) atoms. The minimum Gasteiger partial charge on any atom is -0.459 e. The Morgan fingerprint density at radius 1 is 1.64 bits per heavy atom. The van der Waals surface area contributed by atoms with Crippen LogP contribution < -0.4 is 5.73 Å². The average molecular weight is 197 g/mol. The third-order valence-corrected chi connectivity index (χ3v) is 1.36. The van der Waals surface area contributed by atoms with E-state index < -0.39 is 5.60 Å². The molecular weight excluding hydrogens is 182 g/mol. The number of nitrogens with zero attached hydrogens (tertiary/aromatic N) is 2. The molecule has 2 N–H and O–H groups in total. The molecule has 0 fully saturated rings. The summed E-state index contributed by atoms with van der Waals surface area (Å²) in [7, 11) is 0. The van der Waals surface area contributed by atoms with Gasteiger partial charge in [0.15, 0.2) is 0 Å². The van der Waals surface area contributed by atoms with Crippen LogP contribution in [0.4, 0.5) is 5.69 Å². The Balaban J connectivity index is 2.50. The van der Waals surface area contributed by atoms with Crippen molar-refractivity contribution >= 4 is 11.7 Å². The zero-order valence-electron chi connectivity index (χ0n) is 8.65. The van der Waals surface area contributed by atoms with E-state index in [1.54, 1.807) is 6.20 Å². The van der Waals surface area contributed by atoms with E-state index >= 15 is 0 Å². The van der Waals surface area contributed by atoms with Gasteiger partial charge in [-0.3, -0.25) is 9.48 Å². The van der Waals surface area contributed by atoms with Crippen LogP contribution >= 0.6 is 0 Å². The first-order valence-corrected chi connectivity index (χ1v) is 4.36. The molecule has 0 radical (unpaired) electrons. The van der Waals surface area contributed by atoms with Gasteiger partial charge < -0.3 is 10.5 Å². The van der Waals surface area contributed by atoms with Gasteiger partial charge in [0.1, 0.15) is 12.1 Å². The minimum absolute atomic E-state index is 0.0917. The summed E-state index contributed by atoms with van der Waals surface area (Å²) >= 11 is 0. The molecule has 0 bridgehead atoms. The van der Waals surface area contributed by atoms with Crippen molar-refractivity contribution in [2.75, 3.05) is 5.73 Å². The maximum atomic E-state index is 11.3. The van der Waals surface area contributed by atoms with Crippen LogP contribution in [0.2, 0.25) is 0 Å². The van der Waals surface area contributed by atoms with Crippen LogP contribution in [0.1, 0.15) is 20.8 Å². The Labute approximate surface area is 82.8 Å². The Morgan fingerprint density at radius 2 is 2.29 bits per heavy atom. The fourth-order valence-electron chi connectivity index (χ4n) is 0.972. The number of nitrogen functional groups attached to an aromatic ring is 1. The second-order valence-corrected chi connectivity index (χ2v) is 4.06. The topological polar surface area (TPSA) is 70.1 Å². The molecule has 0 aliphatic carbocycles. The largest absolute Gasteiger partial charge is 0.459 e. The SMILES string of the molecule is CC(C)(C)OC(=O)Cn1cc(N)cn1. The van der Waals surface area contributed by atoms with Crippen molar-refractivity contribution in [3.05, 3.63) is 12.4 Å². The highest BCUT2D eigenvalue weighted by Crippen LogP contribution is 2.07. The van der Waals surface area contributed by atoms with Crippen molar-refractivity contribution in [1.29, 1.82) is 0 Å². The average Bonchev–Trinajstić information content (AvgIpc) is 2.30. The predicted octanol–water partition coefficient (Wildman–Crippen LogP) is 0.807. The number of carbonyl (C=O) groups excluding carboxylic acids is 1. The third-order valence-electron chi connectivity index (χ3n) is 1.36. The van der Waals surface area contributed by atoms with Crippen LogP contribution in [0.15, 0.2) is 12.4 Å². The maximum Gasteiger partial charge on any atom is 0.328 e. The summed E-state index contributed by atoms with van der Waals surface area (Å²) in [4.78, 5) is 11.3. The normalized spacial score (nSPS) is 11.4. The van der Waals surface area contributed by atoms with Crippen molar-refractivity contribution in [1.82, 2.24) is 9.78 Å². The van der Waals surface area contributed by atoms with Crippen molar-refractivity contribution in [2.24, 2.45) is 0 Å². The Kier molecular flexibility index (Phi) is 2.78. The number of nitrogens with two attached hydrogens (primary N) is 1. The zero-order valence-corrected chi connectivity index (χ0v) is 8.65. The fraction of sp³-hybridized carbons (Fsp3) is 0.556. The molecule has 0 spiro atoms. The van der Waals surface area contributed by atoms with Crippen molar-refractivity contribution in [3.8, 4) is 0 Å². The maximum absolute atomic E-state index is 11.3. The molecule has 0 aliphatic rings. The van der Waals surface area contributed by atoms with Crippen molar-refractivity contribution in [3.63, 3.8) is 0 Å². The molecular formula is C9H15N3O2. The Hall–Kier alpha value is -1.52. The van der Waals surface area contributed by atoms with E-state index in [1.165, 1.54) is 10.9 Å². The highest BCUT2D eigenvalue weighted by atomic mass is 16.6. The first-order valence-electron chi connectivity index (χ1n) is 4.36. The van der Waals surface area contributed by atoms with Gasteiger partial charge >= 0.3 is 5.97 Å². The number of carbonyl (C=O) groups is 1. The lowest BCUT2D eigenvalue weighted by Gasteiger charge is -2.19. The predicted molar refractivity (Wildman–Crippen MR) is 52.5 cm³/mol. The minimum atomic E-state index is -0.463. The van der Waals surface area contributed by atoms with E-state index in [0.29, 0.717) is 5.69 Å². The molecule has 0 amide bonds. The van der Waals surface area contributed by atoms with Crippen LogP contribution in [0, 0.1) is 0 Å². The quantitative estimate of drug-likeness (QED) is 0.712. The molecule has 0 aliphatic heterocycles. The molecule has 0 atom stereocenters. The summed E-state index contributed by atoms with van der Waals surface area (Å²) in [5, 5.41) is 3.88. The monoisotopic (exact) mass is 197 g/mol. The van der Waals surface area contributed by atoms with E-state index in [-0.39, 0.29) is 12.5 Å². The summed E-state index contributed by atoms with van der Waals surface area (Å²) in [6.45, 7) is 5.56. The van der Waals surface area contributed by atoms with E-state index in [1.807, 2.05) is 20.8 Å². The molecule has 0 saturated carbocycles. The van der Waals surface area contributed by atoms with Crippen LogP contribution in [-0.2, 0) is 16.1 Å². The van der Waals surface area contributed by atoms with Crippen LogP contribution in [-0.4, -0.2) is 21.4 Å². The first-order chi connectivity index (χ1) is 6.37. The van der Waals surface area contributed by atoms with Crippen molar-refractivity contribution < 1.29 is 9.53 Å². The van der Waals surface area contributed by atoms with Crippen LogP contribution in [0.5, 0.6) is 0 Å². The second kappa shape index (κ2) is 3.69. The van der Waals surface area contributed by atoms with Gasteiger partial charge in [0.25, 0.3) is 0 Å². The van der Waals surface area contributed by atoms with E-state index in [2.05, 4.69) is 5.10 Å². The molecule has 0 saturated heterocycles. The van der Waals surface area contributed by atoms with Crippen LogP contribution in [0.25, 0.3) is 0 Å². The van der Waals surface area contributed by atoms with Crippen molar-refractivity contribution in [2.45, 2.75) is 32.9 Å². The molecule has 0 unspecified atom stereocenters. The summed E-state index contributed by atoms with van der Waals surface area (Å²) in [5.74, 6) is -0.319. The van der Waals surface area contributed by atoms with E-state index in [4.69, 9.17) is 10.5 Å². The number of hydrogen-bond acceptors (Lipinski definition) is 4. The molecule has 0 aromatic carbocycles. The van der Waals surface area contributed by atoms with Crippen LogP contribution in [0.3, 0.4) is 0 Å². The Morgan fingerprint density at radius 3 is 2.71 bits per heavy atom. The van der Waals surface area contributed by atoms with Gasteiger partial charge in [-0.25, -0.2) is 0 Å². The molecule has 78 valence electrons. The number of anilines is 1. The molecule has 1 aromatic heterocycles. The second-order valence-electron chi connectivity index (χ2n) is 4.06. The van der Waals surface area contributed by atoms with Gasteiger partial charge in [-0.05, 0) is 20.8 Å². The summed E-state index contributed by atoms with van der Waals surface area (Å²) in [6.07, 6.45) is 3.08. The number of esters is 1. The van der Waals surface area contributed by atoms with Gasteiger partial charge in [-0.1, -0.05) is 0 Å². The molecule has 5 nitrogen and oxygen atoms in total. The lowest BCUT2D eigenvalue weighted by atomic mass is 10.2. The lowest BCUT2D eigenvalue weighted by Crippen LogP contribution is -2.26. The number of ether oxygens (including phenoxy) is 1. The first kappa shape index (κ1) is 10.6. The van der Waals surface area contributed by atoms with Gasteiger partial charge in [-0.2, -0.15) is 5.10 Å². The number of aromatic nitrogens is 2.